The van der Waals surface area contributed by atoms with E-state index in [0.717, 1.165) is 32.1 Å². The quantitative estimate of drug-likeness (QED) is 0.0468. The molecule has 0 rings (SSSR count). The van der Waals surface area contributed by atoms with Crippen LogP contribution < -0.4 is 0 Å². The normalized spacial score (nSPS) is 11.8. The number of carbonyl (C=O) groups is 3. The molecule has 0 spiro atoms. The van der Waals surface area contributed by atoms with E-state index in [1.165, 1.54) is 89.9 Å². The van der Waals surface area contributed by atoms with Gasteiger partial charge in [0.1, 0.15) is 0 Å². The largest absolute Gasteiger partial charge is 0.481 e. The van der Waals surface area contributed by atoms with E-state index in [9.17, 15) is 14.4 Å². The lowest BCUT2D eigenvalue weighted by Crippen LogP contribution is -2.52. The second-order valence-corrected chi connectivity index (χ2v) is 11.4. The highest BCUT2D eigenvalue weighted by Crippen LogP contribution is 2.17. The van der Waals surface area contributed by atoms with Gasteiger partial charge in [-0.25, -0.2) is 0 Å². The second-order valence-electron chi connectivity index (χ2n) is 11.4. The van der Waals surface area contributed by atoms with Gasteiger partial charge in [0.25, 0.3) is 0 Å². The van der Waals surface area contributed by atoms with Crippen LogP contribution in [0.25, 0.3) is 0 Å². The van der Waals surface area contributed by atoms with Crippen LogP contribution in [0, 0.1) is 0 Å². The van der Waals surface area contributed by atoms with Crippen molar-refractivity contribution in [2.24, 2.45) is 0 Å². The van der Waals surface area contributed by atoms with Crippen LogP contribution in [0.1, 0.15) is 148 Å². The molecule has 0 bridgehead atoms. The summed E-state index contributed by atoms with van der Waals surface area (Å²) in [5.74, 6) is -2.81. The van der Waals surface area contributed by atoms with Gasteiger partial charge in [-0.15, -0.1) is 0 Å². The molecule has 0 amide bonds. The van der Waals surface area contributed by atoms with Gasteiger partial charge < -0.3 is 19.8 Å². The minimum atomic E-state index is -0.938. The molecule has 0 heterocycles. The van der Waals surface area contributed by atoms with E-state index in [4.69, 9.17) is 15.3 Å². The number of carboxylic acid groups (broad SMARTS) is 3. The first-order valence-corrected chi connectivity index (χ1v) is 16.0. The molecule has 0 aliphatic rings. The van der Waals surface area contributed by atoms with Gasteiger partial charge in [0, 0.05) is 0 Å². The molecule has 7 heteroatoms. The number of nitrogens with zero attached hydrogens (tertiary/aromatic N) is 1. The Kier molecular flexibility index (Phi) is 25.1. The maximum Gasteiger partial charge on any atom is 0.309 e. The minimum Gasteiger partial charge on any atom is -0.481 e. The molecule has 0 fully saturated rings. The number of allylic oxidation sites excluding steroid dienone is 2. The molecule has 0 atom stereocenters. The molecule has 0 aromatic heterocycles. The van der Waals surface area contributed by atoms with Crippen molar-refractivity contribution >= 4 is 17.9 Å². The fraction of sp³-hybridized carbons (Fsp3) is 0.844. The van der Waals surface area contributed by atoms with E-state index >= 15 is 0 Å². The van der Waals surface area contributed by atoms with Crippen molar-refractivity contribution in [1.29, 1.82) is 0 Å². The van der Waals surface area contributed by atoms with Crippen molar-refractivity contribution in [3.63, 3.8) is 0 Å². The second kappa shape index (κ2) is 26.3. The van der Waals surface area contributed by atoms with E-state index in [2.05, 4.69) is 19.1 Å². The lowest BCUT2D eigenvalue weighted by Gasteiger charge is -2.38. The molecule has 0 aromatic carbocycles. The average Bonchev–Trinajstić information content (AvgIpc) is 2.90. The van der Waals surface area contributed by atoms with Gasteiger partial charge in [0.15, 0.2) is 0 Å². The summed E-state index contributed by atoms with van der Waals surface area (Å²) >= 11 is 0. The fourth-order valence-corrected chi connectivity index (χ4v) is 5.25. The van der Waals surface area contributed by atoms with Crippen LogP contribution in [0.15, 0.2) is 12.2 Å². The Morgan fingerprint density at radius 1 is 0.462 bits per heavy atom. The third kappa shape index (κ3) is 26.1. The maximum atomic E-state index is 11.1. The number of unbranched alkanes of at least 4 members (excludes halogenated alkanes) is 17. The zero-order valence-corrected chi connectivity index (χ0v) is 25.1. The fourth-order valence-electron chi connectivity index (χ4n) is 5.25. The number of hydrogen-bond donors (Lipinski definition) is 3. The summed E-state index contributed by atoms with van der Waals surface area (Å²) in [5, 5.41) is 27.4. The molecule has 3 N–H and O–H groups in total. The first-order chi connectivity index (χ1) is 18.8. The van der Waals surface area contributed by atoms with Gasteiger partial charge in [0.05, 0.1) is 45.4 Å². The van der Waals surface area contributed by atoms with Crippen molar-refractivity contribution < 1.29 is 34.2 Å². The summed E-state index contributed by atoms with van der Waals surface area (Å²) in [6.45, 7) is 3.71. The smallest absolute Gasteiger partial charge is 0.309 e. The SMILES string of the molecule is CCCCCCCCCCCCCCCC/C=C/CCCCC[N+](CCC(=O)O)(CCC(=O)O)CCC(=O)O. The zero-order chi connectivity index (χ0) is 29.0. The highest BCUT2D eigenvalue weighted by Gasteiger charge is 2.29. The van der Waals surface area contributed by atoms with Crippen LogP contribution in [0.5, 0.6) is 0 Å². The van der Waals surface area contributed by atoms with Crippen LogP contribution in [0.4, 0.5) is 0 Å². The van der Waals surface area contributed by atoms with Crippen molar-refractivity contribution in [3.05, 3.63) is 12.2 Å². The molecule has 0 saturated heterocycles. The van der Waals surface area contributed by atoms with Gasteiger partial charge in [-0.2, -0.15) is 0 Å². The Bertz CT molecular complexity index is 603. The van der Waals surface area contributed by atoms with Crippen molar-refractivity contribution in [1.82, 2.24) is 0 Å². The highest BCUT2D eigenvalue weighted by molar-refractivity contribution is 5.67. The van der Waals surface area contributed by atoms with Gasteiger partial charge >= 0.3 is 17.9 Å². The van der Waals surface area contributed by atoms with Crippen LogP contribution in [0.2, 0.25) is 0 Å². The van der Waals surface area contributed by atoms with E-state index in [1.54, 1.807) is 0 Å². The third-order valence-electron chi connectivity index (χ3n) is 7.79. The first-order valence-electron chi connectivity index (χ1n) is 16.0. The lowest BCUT2D eigenvalue weighted by atomic mass is 10.0. The molecule has 0 aliphatic heterocycles. The topological polar surface area (TPSA) is 112 Å². The maximum absolute atomic E-state index is 11.1. The molecule has 0 unspecified atom stereocenters. The Morgan fingerprint density at radius 2 is 0.769 bits per heavy atom. The Hall–Kier alpha value is -1.89. The lowest BCUT2D eigenvalue weighted by molar-refractivity contribution is -0.927. The standard InChI is InChI=1S/C32H59NO6/c1-2-3-4-5-6-7-8-9-10-11-12-13-14-15-16-17-18-19-20-21-22-26-33(27-23-30(34)35,28-24-31(36)37)29-25-32(38)39/h17-18H,2-16,19-29H2,1H3,(H2-,34,35,36,37,38,39)/p+1/b18-17+. The molecule has 7 nitrogen and oxygen atoms in total. The summed E-state index contributed by atoms with van der Waals surface area (Å²) in [7, 11) is 0. The monoisotopic (exact) mass is 554 g/mol. The number of aliphatic carboxylic acids is 3. The van der Waals surface area contributed by atoms with E-state index < -0.39 is 17.9 Å². The number of quaternary nitrogens is 1. The van der Waals surface area contributed by atoms with Crippen LogP contribution in [-0.4, -0.2) is 63.9 Å². The molecule has 39 heavy (non-hydrogen) atoms. The van der Waals surface area contributed by atoms with Crippen LogP contribution >= 0.6 is 0 Å². The summed E-state index contributed by atoms with van der Waals surface area (Å²) < 4.78 is 0.250. The molecule has 228 valence electrons. The Morgan fingerprint density at radius 3 is 1.10 bits per heavy atom. The average molecular weight is 555 g/mol. The summed E-state index contributed by atoms with van der Waals surface area (Å²) in [5.41, 5.74) is 0. The predicted molar refractivity (Wildman–Crippen MR) is 159 cm³/mol. The Balaban J connectivity index is 3.91. The number of carboxylic acids is 3. The summed E-state index contributed by atoms with van der Waals surface area (Å²) in [6.07, 6.45) is 28.6. The van der Waals surface area contributed by atoms with Crippen LogP contribution in [-0.2, 0) is 14.4 Å². The van der Waals surface area contributed by atoms with Gasteiger partial charge in [-0.05, 0) is 38.5 Å². The molecule has 0 saturated carbocycles. The minimum absolute atomic E-state index is 0.0821. The van der Waals surface area contributed by atoms with Crippen LogP contribution in [0.3, 0.4) is 0 Å². The van der Waals surface area contributed by atoms with E-state index in [-0.39, 0.29) is 43.4 Å². The third-order valence-corrected chi connectivity index (χ3v) is 7.79. The Labute approximate surface area is 238 Å². The van der Waals surface area contributed by atoms with Gasteiger partial charge in [0.2, 0.25) is 0 Å². The van der Waals surface area contributed by atoms with E-state index in [1.807, 2.05) is 0 Å². The highest BCUT2D eigenvalue weighted by atomic mass is 16.4. The molecular formula is C32H60NO6+. The molecule has 0 aromatic rings. The van der Waals surface area contributed by atoms with Crippen molar-refractivity contribution in [2.45, 2.75) is 148 Å². The van der Waals surface area contributed by atoms with Gasteiger partial charge in [-0.1, -0.05) is 103 Å². The van der Waals surface area contributed by atoms with Crippen molar-refractivity contribution in [2.75, 3.05) is 26.2 Å². The van der Waals surface area contributed by atoms with Crippen molar-refractivity contribution in [3.8, 4) is 0 Å². The molecule has 0 aliphatic carbocycles. The first kappa shape index (κ1) is 37.1. The summed E-state index contributed by atoms with van der Waals surface area (Å²) in [4.78, 5) is 33.4. The zero-order valence-electron chi connectivity index (χ0n) is 25.1. The van der Waals surface area contributed by atoms with E-state index in [0.29, 0.717) is 6.54 Å². The predicted octanol–water partition coefficient (Wildman–Crippen LogP) is 8.22. The summed E-state index contributed by atoms with van der Waals surface area (Å²) in [6, 6.07) is 0. The molecule has 0 radical (unpaired) electrons. The number of hydrogen-bond acceptors (Lipinski definition) is 3. The van der Waals surface area contributed by atoms with Gasteiger partial charge in [-0.3, -0.25) is 14.4 Å². The molecular weight excluding hydrogens is 494 g/mol. The number of rotatable bonds is 30.